The van der Waals surface area contributed by atoms with Gasteiger partial charge in [0.2, 0.25) is 35.4 Å². The molecule has 15 heteroatoms. The van der Waals surface area contributed by atoms with Crippen LogP contribution in [-0.4, -0.2) is 82.1 Å². The van der Waals surface area contributed by atoms with Crippen LogP contribution >= 0.6 is 0 Å². The van der Waals surface area contributed by atoms with E-state index in [0.29, 0.717) is 6.42 Å². The maximum absolute atomic E-state index is 12.9. The molecule has 0 saturated carbocycles. The molecule has 1 aliphatic heterocycles. The van der Waals surface area contributed by atoms with Crippen LogP contribution in [0.4, 0.5) is 0 Å². The number of primary amides is 3. The van der Waals surface area contributed by atoms with E-state index in [-0.39, 0.29) is 38.6 Å². The van der Waals surface area contributed by atoms with Crippen molar-refractivity contribution in [2.75, 3.05) is 6.54 Å². The van der Waals surface area contributed by atoms with E-state index in [4.69, 9.17) is 22.9 Å². The maximum atomic E-state index is 12.9. The quantitative estimate of drug-likeness (QED) is 0.125. The third kappa shape index (κ3) is 9.01. The molecule has 0 spiro atoms. The second kappa shape index (κ2) is 13.1. The van der Waals surface area contributed by atoms with E-state index in [1.54, 1.807) is 0 Å². The van der Waals surface area contributed by atoms with E-state index < -0.39 is 72.0 Å². The van der Waals surface area contributed by atoms with Crippen molar-refractivity contribution < 1.29 is 38.7 Å². The monoisotopic (exact) mass is 485 g/mol. The number of carboxylic acid groups (broad SMARTS) is 1. The maximum Gasteiger partial charge on any atom is 0.326 e. The van der Waals surface area contributed by atoms with E-state index in [9.17, 15) is 38.7 Å². The van der Waals surface area contributed by atoms with Gasteiger partial charge in [-0.15, -0.1) is 0 Å². The lowest BCUT2D eigenvalue weighted by Crippen LogP contribution is -2.57. The van der Waals surface area contributed by atoms with Crippen molar-refractivity contribution in [3.05, 3.63) is 0 Å². The third-order valence-electron chi connectivity index (χ3n) is 5.19. The molecule has 0 aromatic rings. The Morgan fingerprint density at radius 2 is 1.41 bits per heavy atom. The third-order valence-corrected chi connectivity index (χ3v) is 5.19. The molecular weight excluding hydrogens is 454 g/mol. The number of carbonyl (C=O) groups excluding carboxylic acids is 6. The number of hydrogen-bond acceptors (Lipinski definition) is 8. The van der Waals surface area contributed by atoms with Crippen LogP contribution in [0.25, 0.3) is 0 Å². The molecule has 15 nitrogen and oxygen atoms in total. The van der Waals surface area contributed by atoms with E-state index in [1.807, 2.05) is 0 Å². The fourth-order valence-corrected chi connectivity index (χ4v) is 3.42. The predicted octanol–water partition coefficient (Wildman–Crippen LogP) is -4.23. The molecule has 0 aliphatic carbocycles. The van der Waals surface area contributed by atoms with E-state index in [2.05, 4.69) is 10.6 Å². The largest absolute Gasteiger partial charge is 0.480 e. The van der Waals surface area contributed by atoms with E-state index in [0.717, 1.165) is 4.90 Å². The molecule has 0 radical (unpaired) electrons. The normalized spacial score (nSPS) is 17.8. The Kier molecular flexibility index (Phi) is 10.9. The minimum atomic E-state index is -1.50. The summed E-state index contributed by atoms with van der Waals surface area (Å²) in [5, 5.41) is 13.9. The molecule has 34 heavy (non-hydrogen) atoms. The van der Waals surface area contributed by atoms with Gasteiger partial charge in [-0.05, 0) is 25.7 Å². The van der Waals surface area contributed by atoms with Crippen molar-refractivity contribution in [1.29, 1.82) is 0 Å². The van der Waals surface area contributed by atoms with Crippen molar-refractivity contribution in [2.24, 2.45) is 22.9 Å². The minimum Gasteiger partial charge on any atom is -0.480 e. The SMILES string of the molecule is NC(=O)CCC(N)C(=O)NC(CCC(N)=O)C(=O)NC(CC(N)=O)C(=O)N1CCCC1C(=O)O. The molecule has 11 N–H and O–H groups in total. The smallest absolute Gasteiger partial charge is 0.326 e. The van der Waals surface area contributed by atoms with Gasteiger partial charge in [0, 0.05) is 19.4 Å². The Hall–Kier alpha value is -3.75. The van der Waals surface area contributed by atoms with Gasteiger partial charge >= 0.3 is 5.97 Å². The van der Waals surface area contributed by atoms with Gasteiger partial charge in [0.1, 0.15) is 18.1 Å². The molecule has 1 heterocycles. The number of nitrogens with one attached hydrogen (secondary N) is 2. The Bertz CT molecular complexity index is 833. The first-order chi connectivity index (χ1) is 15.8. The summed E-state index contributed by atoms with van der Waals surface area (Å²) in [4.78, 5) is 84.2. The van der Waals surface area contributed by atoms with Crippen LogP contribution in [0, 0.1) is 0 Å². The summed E-state index contributed by atoms with van der Waals surface area (Å²) < 4.78 is 0. The number of nitrogens with two attached hydrogens (primary N) is 4. The highest BCUT2D eigenvalue weighted by atomic mass is 16.4. The molecule has 4 unspecified atom stereocenters. The van der Waals surface area contributed by atoms with Crippen molar-refractivity contribution >= 4 is 41.4 Å². The molecule has 0 aromatic heterocycles. The Balaban J connectivity index is 3.00. The topological polar surface area (TPSA) is 271 Å². The summed E-state index contributed by atoms with van der Waals surface area (Å²) in [6.07, 6.45) is -0.839. The summed E-state index contributed by atoms with van der Waals surface area (Å²) in [5.74, 6) is -6.20. The molecular formula is C19H31N7O8. The first-order valence-corrected chi connectivity index (χ1v) is 10.6. The lowest BCUT2D eigenvalue weighted by atomic mass is 10.1. The number of hydrogen-bond donors (Lipinski definition) is 7. The van der Waals surface area contributed by atoms with Crippen LogP contribution < -0.4 is 33.6 Å². The highest BCUT2D eigenvalue weighted by molar-refractivity contribution is 5.96. The van der Waals surface area contributed by atoms with Gasteiger partial charge in [-0.1, -0.05) is 0 Å². The lowest BCUT2D eigenvalue weighted by molar-refractivity contribution is -0.149. The molecule has 1 rings (SSSR count). The Labute approximate surface area is 194 Å². The number of aliphatic carboxylic acids is 1. The molecule has 1 aliphatic rings. The molecule has 0 bridgehead atoms. The second-order valence-electron chi connectivity index (χ2n) is 7.94. The van der Waals surface area contributed by atoms with Gasteiger partial charge in [0.05, 0.1) is 12.5 Å². The van der Waals surface area contributed by atoms with Crippen LogP contribution in [0.5, 0.6) is 0 Å². The van der Waals surface area contributed by atoms with Gasteiger partial charge in [-0.2, -0.15) is 0 Å². The molecule has 6 amide bonds. The number of carboxylic acids is 1. The molecule has 4 atom stereocenters. The van der Waals surface area contributed by atoms with Gasteiger partial charge in [-0.25, -0.2) is 4.79 Å². The average Bonchev–Trinajstić information content (AvgIpc) is 3.23. The van der Waals surface area contributed by atoms with Gasteiger partial charge in [0.15, 0.2) is 0 Å². The average molecular weight is 485 g/mol. The lowest BCUT2D eigenvalue weighted by Gasteiger charge is -2.28. The van der Waals surface area contributed by atoms with Crippen molar-refractivity contribution in [3.8, 4) is 0 Å². The summed E-state index contributed by atoms with van der Waals surface area (Å²) in [6, 6.07) is -5.19. The summed E-state index contributed by atoms with van der Waals surface area (Å²) in [5.41, 5.74) is 21.0. The Morgan fingerprint density at radius 1 is 0.853 bits per heavy atom. The summed E-state index contributed by atoms with van der Waals surface area (Å²) in [7, 11) is 0. The standard InChI is InChI=1S/C19H31N7O8/c20-9(3-5-13(21)27)16(30)24-10(4-6-14(22)28)17(31)25-11(8-15(23)29)18(32)26-7-1-2-12(26)19(33)34/h9-12H,1-8,20H2,(H2,21,27)(H2,22,28)(H2,23,29)(H,24,30)(H,25,31)(H,33,34). The first kappa shape index (κ1) is 28.3. The number of amides is 6. The minimum absolute atomic E-state index is 0.0976. The fourth-order valence-electron chi connectivity index (χ4n) is 3.42. The van der Waals surface area contributed by atoms with Crippen LogP contribution in [-0.2, 0) is 33.6 Å². The number of nitrogens with zero attached hydrogens (tertiary/aromatic N) is 1. The number of likely N-dealkylation sites (tertiary alicyclic amines) is 1. The Morgan fingerprint density at radius 3 is 1.94 bits per heavy atom. The van der Waals surface area contributed by atoms with Crippen molar-refractivity contribution in [2.45, 2.75) is 69.1 Å². The van der Waals surface area contributed by atoms with Crippen LogP contribution in [0.15, 0.2) is 0 Å². The van der Waals surface area contributed by atoms with Gasteiger partial charge in [-0.3, -0.25) is 28.8 Å². The number of carbonyl (C=O) groups is 7. The van der Waals surface area contributed by atoms with Gasteiger partial charge < -0.3 is 43.6 Å². The zero-order chi connectivity index (χ0) is 26.0. The predicted molar refractivity (Wildman–Crippen MR) is 115 cm³/mol. The van der Waals surface area contributed by atoms with Crippen LogP contribution in [0.1, 0.15) is 44.9 Å². The zero-order valence-electron chi connectivity index (χ0n) is 18.5. The highest BCUT2D eigenvalue weighted by Crippen LogP contribution is 2.19. The summed E-state index contributed by atoms with van der Waals surface area (Å²) >= 11 is 0. The van der Waals surface area contributed by atoms with Crippen LogP contribution in [0.3, 0.4) is 0 Å². The molecule has 0 aromatic carbocycles. The fraction of sp³-hybridized carbons (Fsp3) is 0.632. The van der Waals surface area contributed by atoms with Gasteiger partial charge in [0.25, 0.3) is 0 Å². The number of rotatable bonds is 14. The van der Waals surface area contributed by atoms with Crippen LogP contribution in [0.2, 0.25) is 0 Å². The second-order valence-corrected chi connectivity index (χ2v) is 7.94. The molecule has 190 valence electrons. The van der Waals surface area contributed by atoms with Crippen molar-refractivity contribution in [3.63, 3.8) is 0 Å². The van der Waals surface area contributed by atoms with E-state index >= 15 is 0 Å². The highest BCUT2D eigenvalue weighted by Gasteiger charge is 2.39. The van der Waals surface area contributed by atoms with E-state index in [1.165, 1.54) is 0 Å². The first-order valence-electron chi connectivity index (χ1n) is 10.6. The van der Waals surface area contributed by atoms with Crippen molar-refractivity contribution in [1.82, 2.24) is 15.5 Å². The summed E-state index contributed by atoms with van der Waals surface area (Å²) in [6.45, 7) is 0.109. The molecule has 1 saturated heterocycles. The zero-order valence-corrected chi connectivity index (χ0v) is 18.5. The molecule has 1 fully saturated rings.